The van der Waals surface area contributed by atoms with Crippen LogP contribution in [0.5, 0.6) is 5.75 Å². The molecular formula is C19H23N3O4. The largest absolute Gasteiger partial charge is 0.497 e. The minimum Gasteiger partial charge on any atom is -0.497 e. The van der Waals surface area contributed by atoms with Crippen LogP contribution in [-0.2, 0) is 9.59 Å². The van der Waals surface area contributed by atoms with Gasteiger partial charge in [0.25, 0.3) is 0 Å². The van der Waals surface area contributed by atoms with Crippen LogP contribution < -0.4 is 10.1 Å². The van der Waals surface area contributed by atoms with Crippen LogP contribution in [0, 0.1) is 6.92 Å². The van der Waals surface area contributed by atoms with E-state index in [1.807, 2.05) is 24.3 Å². The molecule has 0 bridgehead atoms. The third kappa shape index (κ3) is 4.04. The van der Waals surface area contributed by atoms with Gasteiger partial charge in [0.05, 0.1) is 13.2 Å². The fraction of sp³-hybridized carbons (Fsp3) is 0.421. The van der Waals surface area contributed by atoms with E-state index in [-0.39, 0.29) is 11.9 Å². The molecule has 1 aliphatic heterocycles. The number of hydrogen-bond acceptors (Lipinski definition) is 5. The van der Waals surface area contributed by atoms with E-state index in [1.54, 1.807) is 25.0 Å². The molecular weight excluding hydrogens is 334 g/mol. The first-order valence-corrected chi connectivity index (χ1v) is 8.77. The molecule has 1 atom stereocenters. The second-order valence-electron chi connectivity index (χ2n) is 6.41. The first kappa shape index (κ1) is 18.0. The molecule has 0 radical (unpaired) electrons. The van der Waals surface area contributed by atoms with E-state index >= 15 is 0 Å². The Hall–Kier alpha value is -2.83. The summed E-state index contributed by atoms with van der Waals surface area (Å²) in [5.41, 5.74) is 1.01. The zero-order valence-corrected chi connectivity index (χ0v) is 15.0. The first-order valence-electron chi connectivity index (χ1n) is 8.77. The zero-order chi connectivity index (χ0) is 18.5. The van der Waals surface area contributed by atoms with Gasteiger partial charge in [0.1, 0.15) is 11.5 Å². The van der Waals surface area contributed by atoms with Gasteiger partial charge < -0.3 is 14.2 Å². The number of nitrogens with zero attached hydrogens (tertiary/aromatic N) is 2. The van der Waals surface area contributed by atoms with E-state index in [2.05, 4.69) is 10.5 Å². The topological polar surface area (TPSA) is 84.7 Å². The summed E-state index contributed by atoms with van der Waals surface area (Å²) in [6.45, 7) is 2.28. The molecule has 1 aromatic carbocycles. The van der Waals surface area contributed by atoms with Crippen molar-refractivity contribution in [3.05, 3.63) is 41.7 Å². The second kappa shape index (κ2) is 8.03. The Balaban J connectivity index is 1.78. The summed E-state index contributed by atoms with van der Waals surface area (Å²) >= 11 is 0. The van der Waals surface area contributed by atoms with Gasteiger partial charge in [0.15, 0.2) is 5.82 Å². The third-order valence-corrected chi connectivity index (χ3v) is 4.58. The fourth-order valence-corrected chi connectivity index (χ4v) is 3.25. The Bertz CT molecular complexity index is 769. The molecule has 7 heteroatoms. The molecule has 1 saturated heterocycles. The maximum absolute atomic E-state index is 12.8. The highest BCUT2D eigenvalue weighted by Gasteiger charge is 2.31. The van der Waals surface area contributed by atoms with Gasteiger partial charge in [-0.3, -0.25) is 14.9 Å². The predicted molar refractivity (Wildman–Crippen MR) is 95.8 cm³/mol. The molecule has 1 fully saturated rings. The fourth-order valence-electron chi connectivity index (χ4n) is 3.25. The van der Waals surface area contributed by atoms with E-state index in [9.17, 15) is 9.59 Å². The van der Waals surface area contributed by atoms with Crippen molar-refractivity contribution in [3.8, 4) is 5.75 Å². The van der Waals surface area contributed by atoms with Crippen LogP contribution >= 0.6 is 0 Å². The lowest BCUT2D eigenvalue weighted by Gasteiger charge is -2.30. The molecule has 26 heavy (non-hydrogen) atoms. The SMILES string of the molecule is COc1ccc([C@@H]2CCCCCN2C(=O)C(=O)Nc2cc(C)on2)cc1. The molecule has 0 saturated carbocycles. The molecule has 2 aromatic rings. The number of carbonyl (C=O) groups excluding carboxylic acids is 2. The average Bonchev–Trinajstić information content (AvgIpc) is 2.92. The van der Waals surface area contributed by atoms with Crippen LogP contribution in [0.2, 0.25) is 0 Å². The number of benzene rings is 1. The van der Waals surface area contributed by atoms with Crippen molar-refractivity contribution in [2.75, 3.05) is 19.0 Å². The van der Waals surface area contributed by atoms with Crippen LogP contribution in [0.15, 0.2) is 34.9 Å². The number of carbonyl (C=O) groups is 2. The number of anilines is 1. The van der Waals surface area contributed by atoms with Crippen LogP contribution in [0.1, 0.15) is 43.0 Å². The number of likely N-dealkylation sites (tertiary alicyclic amines) is 1. The summed E-state index contributed by atoms with van der Waals surface area (Å²) in [6, 6.07) is 9.11. The predicted octanol–water partition coefficient (Wildman–Crippen LogP) is 3.07. The molecule has 2 amide bonds. The highest BCUT2D eigenvalue weighted by atomic mass is 16.5. The van der Waals surface area contributed by atoms with E-state index in [4.69, 9.17) is 9.26 Å². The first-order chi connectivity index (χ1) is 12.6. The molecule has 2 heterocycles. The standard InChI is InChI=1S/C19H23N3O4/c1-13-12-17(21-26-13)20-18(23)19(24)22-11-5-3-4-6-16(22)14-7-9-15(25-2)10-8-14/h7-10,12,16H,3-6,11H2,1-2H3,(H,20,21,23)/t16-/m0/s1. The number of aryl methyl sites for hydroxylation is 1. The Labute approximate surface area is 152 Å². The summed E-state index contributed by atoms with van der Waals surface area (Å²) in [7, 11) is 1.62. The molecule has 0 aliphatic carbocycles. The maximum Gasteiger partial charge on any atom is 0.315 e. The van der Waals surface area contributed by atoms with E-state index in [0.29, 0.717) is 12.3 Å². The summed E-state index contributed by atoms with van der Waals surface area (Å²) in [5.74, 6) is 0.335. The van der Waals surface area contributed by atoms with Crippen molar-refractivity contribution in [1.29, 1.82) is 0 Å². The van der Waals surface area contributed by atoms with Gasteiger partial charge >= 0.3 is 11.8 Å². The minimum atomic E-state index is -0.696. The number of aromatic nitrogens is 1. The zero-order valence-electron chi connectivity index (χ0n) is 15.0. The molecule has 0 spiro atoms. The highest BCUT2D eigenvalue weighted by Crippen LogP contribution is 2.31. The van der Waals surface area contributed by atoms with Crippen LogP contribution in [0.3, 0.4) is 0 Å². The van der Waals surface area contributed by atoms with Crippen molar-refractivity contribution < 1.29 is 18.8 Å². The summed E-state index contributed by atoms with van der Waals surface area (Å²) in [5, 5.41) is 6.22. The smallest absolute Gasteiger partial charge is 0.315 e. The van der Waals surface area contributed by atoms with Gasteiger partial charge in [-0.1, -0.05) is 30.1 Å². The molecule has 3 rings (SSSR count). The number of methoxy groups -OCH3 is 1. The quantitative estimate of drug-likeness (QED) is 0.854. The monoisotopic (exact) mass is 357 g/mol. The Morgan fingerprint density at radius 3 is 2.65 bits per heavy atom. The van der Waals surface area contributed by atoms with Gasteiger partial charge in [-0.05, 0) is 37.5 Å². The van der Waals surface area contributed by atoms with Gasteiger partial charge in [0.2, 0.25) is 0 Å². The van der Waals surface area contributed by atoms with Gasteiger partial charge in [-0.25, -0.2) is 0 Å². The maximum atomic E-state index is 12.8. The summed E-state index contributed by atoms with van der Waals surface area (Å²) < 4.78 is 10.1. The minimum absolute atomic E-state index is 0.124. The highest BCUT2D eigenvalue weighted by molar-refractivity contribution is 6.39. The number of amides is 2. The van der Waals surface area contributed by atoms with Gasteiger partial charge in [-0.2, -0.15) is 0 Å². The Morgan fingerprint density at radius 2 is 2.00 bits per heavy atom. The number of nitrogens with one attached hydrogen (secondary N) is 1. The van der Waals surface area contributed by atoms with Gasteiger partial charge in [0, 0.05) is 12.6 Å². The van der Waals surface area contributed by atoms with E-state index < -0.39 is 11.8 Å². The van der Waals surface area contributed by atoms with E-state index in [1.165, 1.54) is 0 Å². The van der Waals surface area contributed by atoms with Crippen molar-refractivity contribution >= 4 is 17.6 Å². The van der Waals surface area contributed by atoms with E-state index in [0.717, 1.165) is 37.0 Å². The van der Waals surface area contributed by atoms with Gasteiger partial charge in [-0.15, -0.1) is 0 Å². The van der Waals surface area contributed by atoms with Crippen molar-refractivity contribution in [2.24, 2.45) is 0 Å². The van der Waals surface area contributed by atoms with Crippen molar-refractivity contribution in [2.45, 2.75) is 38.6 Å². The molecule has 7 nitrogen and oxygen atoms in total. The van der Waals surface area contributed by atoms with Crippen LogP contribution in [-0.4, -0.2) is 35.5 Å². The average molecular weight is 357 g/mol. The summed E-state index contributed by atoms with van der Waals surface area (Å²) in [4.78, 5) is 26.9. The molecule has 1 aliphatic rings. The lowest BCUT2D eigenvalue weighted by Crippen LogP contribution is -2.42. The summed E-state index contributed by atoms with van der Waals surface area (Å²) in [6.07, 6.45) is 3.77. The third-order valence-electron chi connectivity index (χ3n) is 4.58. The molecule has 1 aromatic heterocycles. The number of rotatable bonds is 3. The molecule has 138 valence electrons. The normalized spacial score (nSPS) is 17.5. The second-order valence-corrected chi connectivity index (χ2v) is 6.41. The lowest BCUT2D eigenvalue weighted by molar-refractivity contribution is -0.144. The Morgan fingerprint density at radius 1 is 1.23 bits per heavy atom. The molecule has 1 N–H and O–H groups in total. The lowest BCUT2D eigenvalue weighted by atomic mass is 10.0. The molecule has 0 unspecified atom stereocenters. The number of ether oxygens (including phenoxy) is 1. The Kier molecular flexibility index (Phi) is 5.55. The van der Waals surface area contributed by atoms with Crippen molar-refractivity contribution in [3.63, 3.8) is 0 Å². The van der Waals surface area contributed by atoms with Crippen molar-refractivity contribution in [1.82, 2.24) is 10.1 Å². The van der Waals surface area contributed by atoms with Crippen LogP contribution in [0.4, 0.5) is 5.82 Å². The number of hydrogen-bond donors (Lipinski definition) is 1. The van der Waals surface area contributed by atoms with Crippen LogP contribution in [0.25, 0.3) is 0 Å².